The van der Waals surface area contributed by atoms with Crippen LogP contribution < -0.4 is 10.5 Å². The Morgan fingerprint density at radius 3 is 2.27 bits per heavy atom. The Kier molecular flexibility index (Phi) is 3.91. The van der Waals surface area contributed by atoms with Gasteiger partial charge < -0.3 is 14.8 Å². The summed E-state index contributed by atoms with van der Waals surface area (Å²) in [5.41, 5.74) is 1.21. The molecule has 1 amide bonds. The third-order valence-electron chi connectivity index (χ3n) is 3.79. The van der Waals surface area contributed by atoms with Gasteiger partial charge in [-0.2, -0.15) is 0 Å². The van der Waals surface area contributed by atoms with Crippen LogP contribution in [-0.2, 0) is 0 Å². The lowest BCUT2D eigenvalue weighted by atomic mass is 10.2. The Morgan fingerprint density at radius 1 is 1.00 bits per heavy atom. The summed E-state index contributed by atoms with van der Waals surface area (Å²) < 4.78 is 12.9. The molecule has 5 nitrogen and oxygen atoms in total. The van der Waals surface area contributed by atoms with E-state index < -0.39 is 0 Å². The molecule has 0 atom stereocenters. The third kappa shape index (κ3) is 3.00. The SMILES string of the molecule is O=C(c1ccc(=O)[nH]c1)N1CCN(c2ccc(F)cc2)CC1. The summed E-state index contributed by atoms with van der Waals surface area (Å²) in [5, 5.41) is 0. The molecule has 2 aromatic rings. The highest BCUT2D eigenvalue weighted by atomic mass is 19.1. The van der Waals surface area contributed by atoms with Gasteiger partial charge in [0, 0.05) is 44.1 Å². The van der Waals surface area contributed by atoms with E-state index in [-0.39, 0.29) is 17.3 Å². The van der Waals surface area contributed by atoms with Crippen molar-refractivity contribution in [2.24, 2.45) is 0 Å². The maximum absolute atomic E-state index is 12.9. The van der Waals surface area contributed by atoms with Crippen LogP contribution in [0.5, 0.6) is 0 Å². The first-order valence-electron chi connectivity index (χ1n) is 7.12. The summed E-state index contributed by atoms with van der Waals surface area (Å²) in [5.74, 6) is -0.342. The van der Waals surface area contributed by atoms with Crippen molar-refractivity contribution in [1.82, 2.24) is 9.88 Å². The lowest BCUT2D eigenvalue weighted by Gasteiger charge is -2.36. The minimum absolute atomic E-state index is 0.0880. The van der Waals surface area contributed by atoms with Crippen LogP contribution in [0.2, 0.25) is 0 Å². The number of amides is 1. The van der Waals surface area contributed by atoms with Gasteiger partial charge in [0.1, 0.15) is 5.82 Å². The van der Waals surface area contributed by atoms with Crippen LogP contribution in [0.3, 0.4) is 0 Å². The molecule has 114 valence electrons. The average Bonchev–Trinajstić information content (AvgIpc) is 2.56. The Labute approximate surface area is 127 Å². The van der Waals surface area contributed by atoms with E-state index in [0.717, 1.165) is 5.69 Å². The second-order valence-electron chi connectivity index (χ2n) is 5.20. The Hall–Kier alpha value is -2.63. The second-order valence-corrected chi connectivity index (χ2v) is 5.20. The van der Waals surface area contributed by atoms with Gasteiger partial charge in [0.25, 0.3) is 5.91 Å². The molecule has 0 unspecified atom stereocenters. The van der Waals surface area contributed by atoms with Crippen LogP contribution in [0.1, 0.15) is 10.4 Å². The van der Waals surface area contributed by atoms with Gasteiger partial charge in [-0.3, -0.25) is 9.59 Å². The molecule has 1 fully saturated rings. The zero-order valence-electron chi connectivity index (χ0n) is 12.0. The van der Waals surface area contributed by atoms with Crippen LogP contribution in [0.15, 0.2) is 47.4 Å². The minimum atomic E-state index is -0.254. The summed E-state index contributed by atoms with van der Waals surface area (Å²) in [6.07, 6.45) is 1.44. The topological polar surface area (TPSA) is 56.4 Å². The second kappa shape index (κ2) is 6.01. The number of piperazine rings is 1. The van der Waals surface area contributed by atoms with Crippen LogP contribution in [0.4, 0.5) is 10.1 Å². The Balaban J connectivity index is 1.64. The van der Waals surface area contributed by atoms with E-state index in [1.54, 1.807) is 17.0 Å². The van der Waals surface area contributed by atoms with Gasteiger partial charge in [-0.05, 0) is 30.3 Å². The number of hydrogen-bond donors (Lipinski definition) is 1. The lowest BCUT2D eigenvalue weighted by Crippen LogP contribution is -2.48. The standard InChI is InChI=1S/C16H16FN3O2/c17-13-2-4-14(5-3-13)19-7-9-20(10-8-19)16(22)12-1-6-15(21)18-11-12/h1-6,11H,7-10H2,(H,18,21). The van der Waals surface area contributed by atoms with Gasteiger partial charge in [0.15, 0.2) is 0 Å². The first kappa shape index (κ1) is 14.3. The molecule has 1 aromatic heterocycles. The number of nitrogens with zero attached hydrogens (tertiary/aromatic N) is 2. The fourth-order valence-corrected chi connectivity index (χ4v) is 2.55. The molecule has 0 bridgehead atoms. The number of carbonyl (C=O) groups is 1. The van der Waals surface area contributed by atoms with Crippen molar-refractivity contribution >= 4 is 11.6 Å². The van der Waals surface area contributed by atoms with Crippen molar-refractivity contribution in [3.63, 3.8) is 0 Å². The average molecular weight is 301 g/mol. The molecule has 2 heterocycles. The predicted octanol–water partition coefficient (Wildman–Crippen LogP) is 1.48. The van der Waals surface area contributed by atoms with Gasteiger partial charge in [-0.25, -0.2) is 4.39 Å². The van der Waals surface area contributed by atoms with E-state index in [1.807, 2.05) is 0 Å². The number of anilines is 1. The quantitative estimate of drug-likeness (QED) is 0.914. The Morgan fingerprint density at radius 2 is 1.68 bits per heavy atom. The van der Waals surface area contributed by atoms with Gasteiger partial charge in [0.05, 0.1) is 5.56 Å². The number of carbonyl (C=O) groups excluding carboxylic acids is 1. The van der Waals surface area contributed by atoms with Crippen molar-refractivity contribution in [2.45, 2.75) is 0 Å². The van der Waals surface area contributed by atoms with Gasteiger partial charge in [-0.15, -0.1) is 0 Å². The number of aromatic amines is 1. The molecule has 1 aromatic carbocycles. The van der Waals surface area contributed by atoms with Crippen molar-refractivity contribution in [3.8, 4) is 0 Å². The molecule has 0 saturated carbocycles. The monoisotopic (exact) mass is 301 g/mol. The first-order chi connectivity index (χ1) is 10.6. The van der Waals surface area contributed by atoms with Crippen molar-refractivity contribution in [1.29, 1.82) is 0 Å². The summed E-state index contributed by atoms with van der Waals surface area (Å²) in [7, 11) is 0. The van der Waals surface area contributed by atoms with E-state index in [1.165, 1.54) is 30.5 Å². The van der Waals surface area contributed by atoms with Gasteiger partial charge in [0.2, 0.25) is 5.56 Å². The first-order valence-corrected chi connectivity index (χ1v) is 7.12. The van der Waals surface area contributed by atoms with Crippen LogP contribution in [0, 0.1) is 5.82 Å². The molecule has 22 heavy (non-hydrogen) atoms. The van der Waals surface area contributed by atoms with Gasteiger partial charge in [-0.1, -0.05) is 0 Å². The molecule has 1 aliphatic rings. The number of aromatic nitrogens is 1. The molecule has 1 N–H and O–H groups in total. The molecular weight excluding hydrogens is 285 g/mol. The summed E-state index contributed by atoms with van der Waals surface area (Å²) in [6, 6.07) is 9.25. The number of benzene rings is 1. The largest absolute Gasteiger partial charge is 0.368 e. The number of hydrogen-bond acceptors (Lipinski definition) is 3. The highest BCUT2D eigenvalue weighted by Gasteiger charge is 2.22. The van der Waals surface area contributed by atoms with Crippen LogP contribution in [-0.4, -0.2) is 42.0 Å². The van der Waals surface area contributed by atoms with E-state index in [4.69, 9.17) is 0 Å². The Bertz CT molecular complexity index is 698. The summed E-state index contributed by atoms with van der Waals surface area (Å²) in [6.45, 7) is 2.58. The van der Waals surface area contributed by atoms with Gasteiger partial charge >= 0.3 is 0 Å². The lowest BCUT2D eigenvalue weighted by molar-refractivity contribution is 0.0746. The van der Waals surface area contributed by atoms with E-state index in [0.29, 0.717) is 31.7 Å². The fourth-order valence-electron chi connectivity index (χ4n) is 2.55. The molecular formula is C16H16FN3O2. The normalized spacial score (nSPS) is 15.0. The minimum Gasteiger partial charge on any atom is -0.368 e. The van der Waals surface area contributed by atoms with E-state index >= 15 is 0 Å². The molecule has 3 rings (SSSR count). The number of pyridine rings is 1. The highest BCUT2D eigenvalue weighted by molar-refractivity contribution is 5.94. The molecule has 1 saturated heterocycles. The predicted molar refractivity (Wildman–Crippen MR) is 81.6 cm³/mol. The van der Waals surface area contributed by atoms with Crippen molar-refractivity contribution in [2.75, 3.05) is 31.1 Å². The maximum Gasteiger partial charge on any atom is 0.255 e. The summed E-state index contributed by atoms with van der Waals surface area (Å²) in [4.78, 5) is 29.8. The number of H-pyrrole nitrogens is 1. The number of nitrogens with one attached hydrogen (secondary N) is 1. The van der Waals surface area contributed by atoms with Crippen molar-refractivity contribution in [3.05, 3.63) is 64.3 Å². The number of halogens is 1. The van der Waals surface area contributed by atoms with E-state index in [2.05, 4.69) is 9.88 Å². The zero-order chi connectivity index (χ0) is 15.5. The van der Waals surface area contributed by atoms with E-state index in [9.17, 15) is 14.0 Å². The fraction of sp³-hybridized carbons (Fsp3) is 0.250. The third-order valence-corrected chi connectivity index (χ3v) is 3.79. The summed E-state index contributed by atoms with van der Waals surface area (Å²) >= 11 is 0. The number of rotatable bonds is 2. The van der Waals surface area contributed by atoms with Crippen LogP contribution in [0.25, 0.3) is 0 Å². The zero-order valence-corrected chi connectivity index (χ0v) is 12.0. The van der Waals surface area contributed by atoms with Crippen LogP contribution >= 0.6 is 0 Å². The highest BCUT2D eigenvalue weighted by Crippen LogP contribution is 2.17. The maximum atomic E-state index is 12.9. The molecule has 6 heteroatoms. The molecule has 0 radical (unpaired) electrons. The van der Waals surface area contributed by atoms with Crippen molar-refractivity contribution < 1.29 is 9.18 Å². The molecule has 0 spiro atoms. The molecule has 1 aliphatic heterocycles. The molecule has 0 aliphatic carbocycles. The smallest absolute Gasteiger partial charge is 0.255 e.